The van der Waals surface area contributed by atoms with E-state index in [1.165, 1.54) is 0 Å². The van der Waals surface area contributed by atoms with Gasteiger partial charge in [0.15, 0.2) is 0 Å². The van der Waals surface area contributed by atoms with E-state index in [0.717, 1.165) is 72.8 Å². The highest BCUT2D eigenvalue weighted by Gasteiger charge is 2.45. The van der Waals surface area contributed by atoms with Crippen LogP contribution in [-0.2, 0) is 0 Å². The molecule has 2 aromatic heterocycles. The highest BCUT2D eigenvalue weighted by atomic mass is 15.1. The summed E-state index contributed by atoms with van der Waals surface area (Å²) < 4.78 is 4.46. The Labute approximate surface area is 227 Å². The Morgan fingerprint density at radius 3 is 1.55 bits per heavy atom. The van der Waals surface area contributed by atoms with E-state index in [0.29, 0.717) is 0 Å². The molecule has 0 aromatic carbocycles. The van der Waals surface area contributed by atoms with Crippen LogP contribution in [0.3, 0.4) is 0 Å². The van der Waals surface area contributed by atoms with E-state index in [4.69, 9.17) is 0 Å². The molecule has 2 aromatic rings. The van der Waals surface area contributed by atoms with Gasteiger partial charge in [-0.2, -0.15) is 0 Å². The van der Waals surface area contributed by atoms with Gasteiger partial charge in [-0.3, -0.25) is 0 Å². The van der Waals surface area contributed by atoms with Crippen LogP contribution in [0.15, 0.2) is 107 Å². The second-order valence-electron chi connectivity index (χ2n) is 8.96. The molecule has 4 heterocycles. The molecule has 2 nitrogen and oxygen atoms in total. The van der Waals surface area contributed by atoms with Crippen molar-refractivity contribution < 1.29 is 0 Å². The van der Waals surface area contributed by atoms with Gasteiger partial charge in [-0.1, -0.05) is 108 Å². The lowest BCUT2D eigenvalue weighted by Crippen LogP contribution is -2.36. The van der Waals surface area contributed by atoms with Gasteiger partial charge in [0.2, 0.25) is 0 Å². The molecule has 3 heteroatoms. The van der Waals surface area contributed by atoms with Crippen LogP contribution in [0.25, 0.3) is 52.7 Å². The van der Waals surface area contributed by atoms with Gasteiger partial charge in [-0.05, 0) is 53.2 Å². The average Bonchev–Trinajstić information content (AvgIpc) is 3.41. The molecule has 0 bridgehead atoms. The van der Waals surface area contributed by atoms with Gasteiger partial charge < -0.3 is 9.13 Å². The summed E-state index contributed by atoms with van der Waals surface area (Å²) in [6, 6.07) is 0. The molecule has 0 saturated heterocycles. The van der Waals surface area contributed by atoms with Gasteiger partial charge in [0.25, 0.3) is 6.71 Å². The molecule has 0 aliphatic carbocycles. The lowest BCUT2D eigenvalue weighted by molar-refractivity contribution is 1.03. The highest BCUT2D eigenvalue weighted by Crippen LogP contribution is 2.52. The fraction of sp³-hybridized carbons (Fsp3) is 0.0286. The van der Waals surface area contributed by atoms with E-state index in [9.17, 15) is 0 Å². The predicted octanol–water partition coefficient (Wildman–Crippen LogP) is 9.22. The Bertz CT molecular complexity index is 1610. The van der Waals surface area contributed by atoms with Crippen LogP contribution < -0.4 is 0 Å². The third-order valence-electron chi connectivity index (χ3n) is 7.34. The summed E-state index contributed by atoms with van der Waals surface area (Å²) in [5.41, 5.74) is 13.4. The van der Waals surface area contributed by atoms with Crippen molar-refractivity contribution >= 4 is 59.4 Å². The topological polar surface area (TPSA) is 9.86 Å². The van der Waals surface area contributed by atoms with E-state index >= 15 is 0 Å². The van der Waals surface area contributed by atoms with Crippen LogP contribution >= 0.6 is 0 Å². The molecule has 0 amide bonds. The van der Waals surface area contributed by atoms with Crippen molar-refractivity contribution in [3.63, 3.8) is 0 Å². The normalized spacial score (nSPS) is 17.0. The highest BCUT2D eigenvalue weighted by molar-refractivity contribution is 7.02. The van der Waals surface area contributed by atoms with Gasteiger partial charge >= 0.3 is 0 Å². The summed E-state index contributed by atoms with van der Waals surface area (Å²) in [6.45, 7) is 39.1. The Kier molecular flexibility index (Phi) is 7.14. The number of nitrogens with zero attached hydrogens (tertiary/aromatic N) is 2. The molecule has 38 heavy (non-hydrogen) atoms. The molecule has 4 rings (SSSR count). The fourth-order valence-electron chi connectivity index (χ4n) is 6.07. The van der Waals surface area contributed by atoms with Crippen molar-refractivity contribution in [2.45, 2.75) is 6.92 Å². The molecule has 0 unspecified atom stereocenters. The van der Waals surface area contributed by atoms with E-state index in [1.807, 2.05) is 60.8 Å². The zero-order valence-corrected chi connectivity index (χ0v) is 22.3. The minimum absolute atomic E-state index is 0.141. The zero-order valence-electron chi connectivity index (χ0n) is 22.3. The number of allylic oxidation sites excluding steroid dienone is 10. The number of hydrogen-bond donors (Lipinski definition) is 0. The number of aromatic nitrogens is 2. The maximum absolute atomic E-state index is 4.27. The molecule has 0 fully saturated rings. The molecule has 0 saturated carbocycles. The molecule has 0 atom stereocenters. The smallest absolute Gasteiger partial charge is 0.252 e. The standard InChI is InChI=1S/C35H33BN2/c1-11-20-27-34-23(10)24(14-4)29(17-7)37(34)31(19-9)33-32(22-13-3)38-30(18-8)25(15-5)26(16-6)35(38)28(21-12-2)36(27)33/h11-22H,1-9H2,10H3/b27-20+,28-21+,32-22+. The second-order valence-corrected chi connectivity index (χ2v) is 8.96. The molecular weight excluding hydrogens is 459 g/mol. The number of hydrogen-bond acceptors (Lipinski definition) is 0. The first-order valence-corrected chi connectivity index (χ1v) is 12.5. The maximum atomic E-state index is 4.27. The quantitative estimate of drug-likeness (QED) is 0.309. The van der Waals surface area contributed by atoms with E-state index in [-0.39, 0.29) is 6.71 Å². The summed E-state index contributed by atoms with van der Waals surface area (Å²) in [4.78, 5) is 0. The monoisotopic (exact) mass is 492 g/mol. The van der Waals surface area contributed by atoms with Crippen molar-refractivity contribution in [2.24, 2.45) is 0 Å². The van der Waals surface area contributed by atoms with Gasteiger partial charge in [-0.15, -0.1) is 0 Å². The lowest BCUT2D eigenvalue weighted by Gasteiger charge is -2.39. The van der Waals surface area contributed by atoms with Gasteiger partial charge in [0, 0.05) is 39.5 Å². The van der Waals surface area contributed by atoms with Crippen LogP contribution in [-0.4, -0.2) is 15.8 Å². The van der Waals surface area contributed by atoms with Gasteiger partial charge in [-0.25, -0.2) is 0 Å². The van der Waals surface area contributed by atoms with Crippen LogP contribution in [0.4, 0.5) is 0 Å². The molecule has 186 valence electrons. The summed E-state index contributed by atoms with van der Waals surface area (Å²) >= 11 is 0. The zero-order chi connectivity index (χ0) is 27.7. The SMILES string of the molecule is C=C/C=C1/B2C(=C(C=C)n3c(C=C)c(C=C)c(C)c31)/C(=C\C=C)n1c(C=C)c(C=C)c(C=C)c1/C2=C\C=C. The van der Waals surface area contributed by atoms with Crippen molar-refractivity contribution in [2.75, 3.05) is 0 Å². The van der Waals surface area contributed by atoms with Gasteiger partial charge in [0.05, 0.1) is 11.4 Å². The van der Waals surface area contributed by atoms with Crippen molar-refractivity contribution in [3.8, 4) is 0 Å². The van der Waals surface area contributed by atoms with Crippen LogP contribution in [0.1, 0.15) is 45.0 Å². The first-order chi connectivity index (χ1) is 18.4. The van der Waals surface area contributed by atoms with Crippen LogP contribution in [0.5, 0.6) is 0 Å². The number of rotatable bonds is 9. The molecule has 0 spiro atoms. The summed E-state index contributed by atoms with van der Waals surface area (Å²) in [5.74, 6) is 0. The molecule has 2 aliphatic heterocycles. The third kappa shape index (κ3) is 3.36. The average molecular weight is 492 g/mol. The van der Waals surface area contributed by atoms with Crippen molar-refractivity contribution in [1.29, 1.82) is 0 Å². The summed E-state index contributed by atoms with van der Waals surface area (Å²) in [7, 11) is 0. The van der Waals surface area contributed by atoms with Crippen LogP contribution in [0.2, 0.25) is 0 Å². The molecular formula is C35H33BN2. The first-order valence-electron chi connectivity index (χ1n) is 12.5. The second kappa shape index (κ2) is 10.3. The van der Waals surface area contributed by atoms with Crippen molar-refractivity contribution in [1.82, 2.24) is 9.13 Å². The molecule has 0 N–H and O–H groups in total. The van der Waals surface area contributed by atoms with Crippen LogP contribution in [0, 0.1) is 6.92 Å². The minimum atomic E-state index is -0.141. The third-order valence-corrected chi connectivity index (χ3v) is 7.34. The Morgan fingerprint density at radius 2 is 1.08 bits per heavy atom. The summed E-state index contributed by atoms with van der Waals surface area (Å²) in [5, 5.41) is 0. The molecule has 2 aliphatic rings. The summed E-state index contributed by atoms with van der Waals surface area (Å²) in [6.07, 6.45) is 23.0. The fourth-order valence-corrected chi connectivity index (χ4v) is 6.07. The minimum Gasteiger partial charge on any atom is -0.311 e. The molecule has 0 radical (unpaired) electrons. The first kappa shape index (κ1) is 26.3. The van der Waals surface area contributed by atoms with Gasteiger partial charge in [0.1, 0.15) is 0 Å². The van der Waals surface area contributed by atoms with E-state index in [2.05, 4.69) is 87.4 Å². The Balaban J connectivity index is 2.39. The largest absolute Gasteiger partial charge is 0.311 e. The van der Waals surface area contributed by atoms with E-state index in [1.54, 1.807) is 0 Å². The lowest BCUT2D eigenvalue weighted by atomic mass is 9.31. The van der Waals surface area contributed by atoms with Crippen molar-refractivity contribution in [3.05, 3.63) is 152 Å². The van der Waals surface area contributed by atoms with E-state index < -0.39 is 0 Å². The Morgan fingerprint density at radius 1 is 0.553 bits per heavy atom. The Hall–Kier alpha value is -4.76. The maximum Gasteiger partial charge on any atom is 0.252 e. The predicted molar refractivity (Wildman–Crippen MR) is 174 cm³/mol. The number of fused-ring (bicyclic) bond motifs is 3.